The maximum absolute atomic E-state index is 11.6. The van der Waals surface area contributed by atoms with Gasteiger partial charge in [0.1, 0.15) is 0 Å². The van der Waals surface area contributed by atoms with Gasteiger partial charge in [0, 0.05) is 0 Å². The second kappa shape index (κ2) is 9.17. The van der Waals surface area contributed by atoms with Gasteiger partial charge in [0.25, 0.3) is 0 Å². The molecule has 0 aromatic heterocycles. The maximum atomic E-state index is 11.6. The lowest BCUT2D eigenvalue weighted by molar-refractivity contribution is -0.558. The van der Waals surface area contributed by atoms with Crippen molar-refractivity contribution in [3.05, 3.63) is 43.7 Å². The number of carbonyl (C=O) groups is 1. The van der Waals surface area contributed by atoms with Gasteiger partial charge in [0.15, 0.2) is 13.4 Å². The minimum absolute atomic E-state index is 0.177. The molecule has 0 spiro atoms. The SMILES string of the molecule is C/C(=C/[I+]c1ccccc1)OC(=O)C(C)(C)C.F[B-](F)(F)F. The van der Waals surface area contributed by atoms with Gasteiger partial charge in [-0.2, -0.15) is 0 Å². The summed E-state index contributed by atoms with van der Waals surface area (Å²) in [7, 11) is -6.00. The molecule has 0 heterocycles. The number of halogens is 5. The van der Waals surface area contributed by atoms with E-state index in [1.54, 1.807) is 0 Å². The average molecular weight is 432 g/mol. The third kappa shape index (κ3) is 12.7. The number of rotatable bonds is 3. The van der Waals surface area contributed by atoms with Crippen LogP contribution in [0.5, 0.6) is 0 Å². The fourth-order valence-corrected chi connectivity index (χ4v) is 2.70. The molecule has 0 unspecified atom stereocenters. The molecule has 0 radical (unpaired) electrons. The first kappa shape index (κ1) is 20.9. The summed E-state index contributed by atoms with van der Waals surface area (Å²) in [4.78, 5) is 11.6. The van der Waals surface area contributed by atoms with Crippen LogP contribution in [0.25, 0.3) is 0 Å². The predicted octanol–water partition coefficient (Wildman–Crippen LogP) is 1.70. The topological polar surface area (TPSA) is 26.3 Å². The lowest BCUT2D eigenvalue weighted by Gasteiger charge is -2.15. The van der Waals surface area contributed by atoms with E-state index >= 15 is 0 Å². The number of benzene rings is 1. The Bertz CT molecular complexity index is 490. The fourth-order valence-electron chi connectivity index (χ4n) is 0.949. The first-order valence-corrected chi connectivity index (χ1v) is 8.67. The summed E-state index contributed by atoms with van der Waals surface area (Å²) in [5.41, 5.74) is -0.444. The first-order valence-electron chi connectivity index (χ1n) is 6.34. The Hall–Kier alpha value is -1.06. The molecule has 0 amide bonds. The monoisotopic (exact) mass is 432 g/mol. The van der Waals surface area contributed by atoms with Crippen molar-refractivity contribution in [1.82, 2.24) is 0 Å². The molecule has 0 saturated heterocycles. The van der Waals surface area contributed by atoms with Crippen LogP contribution in [-0.2, 0) is 9.53 Å². The van der Waals surface area contributed by atoms with Gasteiger partial charge >= 0.3 is 34.4 Å². The zero-order valence-electron chi connectivity index (χ0n) is 12.7. The number of esters is 1. The molecule has 22 heavy (non-hydrogen) atoms. The van der Waals surface area contributed by atoms with Gasteiger partial charge < -0.3 is 22.0 Å². The molecule has 124 valence electrons. The molecule has 1 rings (SSSR count). The molecule has 0 aliphatic rings. The van der Waals surface area contributed by atoms with Gasteiger partial charge in [-0.05, 0) is 39.8 Å². The summed E-state index contributed by atoms with van der Waals surface area (Å²) >= 11 is -0.221. The highest BCUT2D eigenvalue weighted by molar-refractivity contribution is 6.50. The van der Waals surface area contributed by atoms with Gasteiger partial charge in [-0.1, -0.05) is 18.2 Å². The van der Waals surface area contributed by atoms with Crippen molar-refractivity contribution >= 4 is 13.2 Å². The number of carbonyl (C=O) groups excluding carboxylic acids is 1. The summed E-state index contributed by atoms with van der Waals surface area (Å²) < 4.78 is 47.6. The smallest absolute Gasteiger partial charge is 0.427 e. The Morgan fingerprint density at radius 1 is 1.14 bits per heavy atom. The van der Waals surface area contributed by atoms with Gasteiger partial charge in [-0.15, -0.1) is 0 Å². The van der Waals surface area contributed by atoms with E-state index in [2.05, 4.69) is 12.1 Å². The minimum Gasteiger partial charge on any atom is -0.427 e. The summed E-state index contributed by atoms with van der Waals surface area (Å²) in [6, 6.07) is 10.3. The highest BCUT2D eigenvalue weighted by Gasteiger charge is 2.24. The van der Waals surface area contributed by atoms with Crippen LogP contribution in [0.4, 0.5) is 17.3 Å². The van der Waals surface area contributed by atoms with Gasteiger partial charge in [-0.3, -0.25) is 4.79 Å². The van der Waals surface area contributed by atoms with Crippen LogP contribution in [0.3, 0.4) is 0 Å². The number of hydrogen-bond acceptors (Lipinski definition) is 2. The van der Waals surface area contributed by atoms with E-state index in [-0.39, 0.29) is 27.2 Å². The zero-order valence-corrected chi connectivity index (χ0v) is 14.9. The summed E-state index contributed by atoms with van der Waals surface area (Å²) in [5, 5.41) is 0. The molecular weight excluding hydrogens is 414 g/mol. The Morgan fingerprint density at radius 3 is 2.00 bits per heavy atom. The van der Waals surface area contributed by atoms with Crippen molar-refractivity contribution in [2.75, 3.05) is 0 Å². The molecule has 0 saturated carbocycles. The van der Waals surface area contributed by atoms with E-state index < -0.39 is 12.7 Å². The van der Waals surface area contributed by atoms with Crippen molar-refractivity contribution in [3.63, 3.8) is 0 Å². The van der Waals surface area contributed by atoms with Crippen LogP contribution in [-0.4, -0.2) is 13.2 Å². The third-order valence-corrected chi connectivity index (χ3v) is 4.56. The number of allylic oxidation sites excluding steroid dienone is 1. The van der Waals surface area contributed by atoms with Crippen LogP contribution >= 0.6 is 0 Å². The highest BCUT2D eigenvalue weighted by Crippen LogP contribution is 2.16. The van der Waals surface area contributed by atoms with Crippen molar-refractivity contribution < 1.29 is 48.0 Å². The molecule has 1 aromatic carbocycles. The normalized spacial score (nSPS) is 12.3. The summed E-state index contributed by atoms with van der Waals surface area (Å²) in [6.45, 7) is 7.41. The lowest BCUT2D eigenvalue weighted by Crippen LogP contribution is -3.59. The molecule has 0 atom stereocenters. The summed E-state index contributed by atoms with van der Waals surface area (Å²) in [5.74, 6) is 0.532. The van der Waals surface area contributed by atoms with Crippen LogP contribution < -0.4 is 21.2 Å². The number of hydrogen-bond donors (Lipinski definition) is 0. The van der Waals surface area contributed by atoms with E-state index in [1.165, 1.54) is 3.57 Å². The molecule has 8 heteroatoms. The van der Waals surface area contributed by atoms with Crippen LogP contribution in [0, 0.1) is 8.99 Å². The van der Waals surface area contributed by atoms with Crippen molar-refractivity contribution in [3.8, 4) is 0 Å². The fraction of sp³-hybridized carbons (Fsp3) is 0.357. The Kier molecular flexibility index (Phi) is 8.73. The van der Waals surface area contributed by atoms with Gasteiger partial charge in [-0.25, -0.2) is 0 Å². The van der Waals surface area contributed by atoms with Crippen molar-refractivity contribution in [1.29, 1.82) is 0 Å². The van der Waals surface area contributed by atoms with Gasteiger partial charge in [0.05, 0.1) is 5.41 Å². The van der Waals surface area contributed by atoms with E-state index in [0.29, 0.717) is 5.76 Å². The summed E-state index contributed by atoms with van der Waals surface area (Å²) in [6.07, 6.45) is 0. The first-order chi connectivity index (χ1) is 9.89. The van der Waals surface area contributed by atoms with E-state index in [0.717, 1.165) is 0 Å². The molecule has 0 fully saturated rings. The second-order valence-electron chi connectivity index (χ2n) is 5.26. The Labute approximate surface area is 138 Å². The Balaban J connectivity index is 0.000000763. The van der Waals surface area contributed by atoms with Crippen molar-refractivity contribution in [2.45, 2.75) is 27.7 Å². The lowest BCUT2D eigenvalue weighted by atomic mass is 9.97. The molecule has 1 aromatic rings. The highest BCUT2D eigenvalue weighted by atomic mass is 127. The maximum Gasteiger partial charge on any atom is 0.673 e. The number of ether oxygens (including phenoxy) is 1. The predicted molar refractivity (Wildman–Crippen MR) is 74.6 cm³/mol. The van der Waals surface area contributed by atoms with E-state index in [9.17, 15) is 22.1 Å². The van der Waals surface area contributed by atoms with Gasteiger partial charge in [0.2, 0.25) is 0 Å². The van der Waals surface area contributed by atoms with Crippen LogP contribution in [0.15, 0.2) is 40.2 Å². The largest absolute Gasteiger partial charge is 0.673 e. The molecule has 0 N–H and O–H groups in total. The second-order valence-corrected chi connectivity index (χ2v) is 7.75. The quantitative estimate of drug-likeness (QED) is 0.239. The van der Waals surface area contributed by atoms with Crippen LogP contribution in [0.1, 0.15) is 27.7 Å². The van der Waals surface area contributed by atoms with E-state index in [4.69, 9.17) is 4.74 Å². The molecular formula is C14H18BF4IO2. The van der Waals surface area contributed by atoms with Crippen LogP contribution in [0.2, 0.25) is 0 Å². The van der Waals surface area contributed by atoms with E-state index in [1.807, 2.05) is 50.0 Å². The molecule has 0 bridgehead atoms. The standard InChI is InChI=1S/C14H18IO2.BF4/c1-11(17-13(16)14(2,3)4)10-15-12-8-6-5-7-9-12;2-1(3,4)5/h5-10H,1-4H3;/q+1;-1/b11-10-;. The molecule has 2 nitrogen and oxygen atoms in total. The minimum atomic E-state index is -6.00. The van der Waals surface area contributed by atoms with Crippen molar-refractivity contribution in [2.24, 2.45) is 5.41 Å². The average Bonchev–Trinajstić information content (AvgIpc) is 2.34. The zero-order chi connectivity index (χ0) is 17.4. The third-order valence-electron chi connectivity index (χ3n) is 1.93. The Morgan fingerprint density at radius 2 is 1.59 bits per heavy atom. The molecule has 0 aliphatic carbocycles. The molecule has 0 aliphatic heterocycles.